The molecule has 0 atom stereocenters. The van der Waals surface area contributed by atoms with Gasteiger partial charge in [0.15, 0.2) is 17.5 Å². The largest absolute Gasteiger partial charge is 0.478 e. The molecule has 0 unspecified atom stereocenters. The number of carbonyl (C=O) groups is 1. The Morgan fingerprint density at radius 1 is 1.05 bits per heavy atom. The Balaban J connectivity index is 2.40. The second kappa shape index (κ2) is 5.56. The quantitative estimate of drug-likeness (QED) is 0.690. The summed E-state index contributed by atoms with van der Waals surface area (Å²) in [7, 11) is 0. The molecule has 1 N–H and O–H groups in total. The van der Waals surface area contributed by atoms with Crippen LogP contribution in [0.2, 0.25) is 0 Å². The molecule has 6 heteroatoms. The van der Waals surface area contributed by atoms with Gasteiger partial charge in [0.1, 0.15) is 0 Å². The third-order valence-corrected chi connectivity index (χ3v) is 2.54. The first kappa shape index (κ1) is 13.8. The number of benzene rings is 2. The first-order valence-electron chi connectivity index (χ1n) is 5.50. The van der Waals surface area contributed by atoms with Crippen LogP contribution in [0, 0.1) is 17.5 Å². The van der Waals surface area contributed by atoms with Gasteiger partial charge in [-0.2, -0.15) is 0 Å². The molecule has 0 aromatic heterocycles. The number of hydrogen-bond acceptors (Lipinski definition) is 2. The maximum Gasteiger partial charge on any atom is 0.337 e. The molecule has 0 heterocycles. The second-order valence-electron chi connectivity index (χ2n) is 3.85. The van der Waals surface area contributed by atoms with Crippen molar-refractivity contribution in [2.75, 3.05) is 0 Å². The Morgan fingerprint density at radius 2 is 1.75 bits per heavy atom. The zero-order valence-electron chi connectivity index (χ0n) is 9.98. The Hall–Kier alpha value is -2.63. The van der Waals surface area contributed by atoms with Crippen molar-refractivity contribution in [2.45, 2.75) is 0 Å². The van der Waals surface area contributed by atoms with Crippen LogP contribution in [0.4, 0.5) is 18.9 Å². The van der Waals surface area contributed by atoms with E-state index in [0.29, 0.717) is 0 Å². The maximum absolute atomic E-state index is 13.4. The third-order valence-electron chi connectivity index (χ3n) is 2.54. The first-order valence-corrected chi connectivity index (χ1v) is 5.50. The van der Waals surface area contributed by atoms with Crippen LogP contribution < -0.4 is 0 Å². The molecule has 0 aliphatic carbocycles. The van der Waals surface area contributed by atoms with Gasteiger partial charge in [0.05, 0.1) is 11.3 Å². The predicted octanol–water partition coefficient (Wildman–Crippen LogP) is 3.55. The van der Waals surface area contributed by atoms with Crippen LogP contribution in [-0.4, -0.2) is 17.3 Å². The van der Waals surface area contributed by atoms with Gasteiger partial charge in [0.2, 0.25) is 0 Å². The fourth-order valence-corrected chi connectivity index (χ4v) is 1.55. The van der Waals surface area contributed by atoms with Gasteiger partial charge in [-0.15, -0.1) is 0 Å². The van der Waals surface area contributed by atoms with E-state index in [2.05, 4.69) is 4.99 Å². The SMILES string of the molecule is O=C(O)c1ccccc1/N=C/c1ccc(F)c(F)c1F. The third kappa shape index (κ3) is 2.69. The Bertz CT molecular complexity index is 699. The van der Waals surface area contributed by atoms with Crippen molar-refractivity contribution in [1.82, 2.24) is 0 Å². The molecule has 2 rings (SSSR count). The highest BCUT2D eigenvalue weighted by molar-refractivity contribution is 5.95. The lowest BCUT2D eigenvalue weighted by atomic mass is 10.2. The van der Waals surface area contributed by atoms with Crippen LogP contribution in [-0.2, 0) is 0 Å². The molecular formula is C14H8F3NO2. The fourth-order valence-electron chi connectivity index (χ4n) is 1.55. The van der Waals surface area contributed by atoms with Crippen LogP contribution in [0.15, 0.2) is 41.4 Å². The number of para-hydroxylation sites is 1. The maximum atomic E-state index is 13.4. The fraction of sp³-hybridized carbons (Fsp3) is 0. The van der Waals surface area contributed by atoms with Gasteiger partial charge in [-0.05, 0) is 24.3 Å². The lowest BCUT2D eigenvalue weighted by molar-refractivity contribution is 0.0698. The van der Waals surface area contributed by atoms with Crippen LogP contribution in [0.25, 0.3) is 0 Å². The van der Waals surface area contributed by atoms with Gasteiger partial charge in [-0.25, -0.2) is 18.0 Å². The number of hydrogen-bond donors (Lipinski definition) is 1. The van der Waals surface area contributed by atoms with E-state index in [1.54, 1.807) is 6.07 Å². The molecule has 0 aliphatic rings. The lowest BCUT2D eigenvalue weighted by Crippen LogP contribution is -1.98. The summed E-state index contributed by atoms with van der Waals surface area (Å²) in [6, 6.07) is 7.60. The summed E-state index contributed by atoms with van der Waals surface area (Å²) in [5, 5.41) is 8.94. The van der Waals surface area contributed by atoms with Crippen molar-refractivity contribution >= 4 is 17.9 Å². The van der Waals surface area contributed by atoms with E-state index in [4.69, 9.17) is 5.11 Å². The van der Waals surface area contributed by atoms with Gasteiger partial charge in [-0.1, -0.05) is 12.1 Å². The molecule has 102 valence electrons. The minimum Gasteiger partial charge on any atom is -0.478 e. The van der Waals surface area contributed by atoms with Gasteiger partial charge in [0.25, 0.3) is 0 Å². The molecule has 0 saturated carbocycles. The number of aliphatic imine (C=N–C) groups is 1. The van der Waals surface area contributed by atoms with E-state index in [1.165, 1.54) is 18.2 Å². The van der Waals surface area contributed by atoms with E-state index in [1.807, 2.05) is 0 Å². The summed E-state index contributed by atoms with van der Waals surface area (Å²) >= 11 is 0. The molecule has 0 saturated heterocycles. The van der Waals surface area contributed by atoms with E-state index >= 15 is 0 Å². The molecule has 3 nitrogen and oxygen atoms in total. The monoisotopic (exact) mass is 279 g/mol. The summed E-state index contributed by atoms with van der Waals surface area (Å²) in [5.41, 5.74) is -0.264. The highest BCUT2D eigenvalue weighted by Gasteiger charge is 2.12. The molecule has 2 aromatic carbocycles. The highest BCUT2D eigenvalue weighted by Crippen LogP contribution is 2.19. The molecule has 0 fully saturated rings. The summed E-state index contributed by atoms with van der Waals surface area (Å²) in [4.78, 5) is 14.7. The molecule has 20 heavy (non-hydrogen) atoms. The molecule has 0 amide bonds. The summed E-state index contributed by atoms with van der Waals surface area (Å²) in [5.74, 6) is -5.46. The number of rotatable bonds is 3. The Labute approximate surface area is 112 Å². The molecular weight excluding hydrogens is 271 g/mol. The van der Waals surface area contributed by atoms with Crippen molar-refractivity contribution in [1.29, 1.82) is 0 Å². The summed E-state index contributed by atoms with van der Waals surface area (Å²) in [6.45, 7) is 0. The molecule has 0 radical (unpaired) electrons. The minimum atomic E-state index is -1.60. The van der Waals surface area contributed by atoms with Gasteiger partial charge in [0, 0.05) is 11.8 Å². The number of nitrogens with zero attached hydrogens (tertiary/aromatic N) is 1. The van der Waals surface area contributed by atoms with Crippen molar-refractivity contribution in [3.63, 3.8) is 0 Å². The summed E-state index contributed by atoms with van der Waals surface area (Å²) in [6.07, 6.45) is 0.944. The average Bonchev–Trinajstić information content (AvgIpc) is 2.44. The smallest absolute Gasteiger partial charge is 0.337 e. The van der Waals surface area contributed by atoms with Crippen molar-refractivity contribution < 1.29 is 23.1 Å². The highest BCUT2D eigenvalue weighted by atomic mass is 19.2. The first-order chi connectivity index (χ1) is 9.50. The molecule has 2 aromatic rings. The topological polar surface area (TPSA) is 49.7 Å². The number of carboxylic acid groups (broad SMARTS) is 1. The number of halogens is 3. The molecule has 0 aliphatic heterocycles. The zero-order chi connectivity index (χ0) is 14.7. The van der Waals surface area contributed by atoms with Crippen molar-refractivity contribution in [2.24, 2.45) is 4.99 Å². The number of carboxylic acids is 1. The Kier molecular flexibility index (Phi) is 3.84. The molecule has 0 spiro atoms. The predicted molar refractivity (Wildman–Crippen MR) is 67.0 cm³/mol. The number of aromatic carboxylic acids is 1. The second-order valence-corrected chi connectivity index (χ2v) is 3.85. The van der Waals surface area contributed by atoms with Crippen LogP contribution in [0.3, 0.4) is 0 Å². The van der Waals surface area contributed by atoms with Crippen LogP contribution >= 0.6 is 0 Å². The zero-order valence-corrected chi connectivity index (χ0v) is 9.98. The van der Waals surface area contributed by atoms with E-state index in [-0.39, 0.29) is 16.8 Å². The van der Waals surface area contributed by atoms with Crippen LogP contribution in [0.5, 0.6) is 0 Å². The van der Waals surface area contributed by atoms with Crippen LogP contribution in [0.1, 0.15) is 15.9 Å². The Morgan fingerprint density at radius 3 is 2.45 bits per heavy atom. The van der Waals surface area contributed by atoms with E-state index in [9.17, 15) is 18.0 Å². The molecule has 0 bridgehead atoms. The van der Waals surface area contributed by atoms with Crippen molar-refractivity contribution in [3.8, 4) is 0 Å². The van der Waals surface area contributed by atoms with Gasteiger partial charge < -0.3 is 5.11 Å². The van der Waals surface area contributed by atoms with E-state index < -0.39 is 23.4 Å². The lowest BCUT2D eigenvalue weighted by Gasteiger charge is -2.01. The standard InChI is InChI=1S/C14H8F3NO2/c15-10-6-5-8(12(16)13(10)17)7-18-11-4-2-1-3-9(11)14(19)20/h1-7H,(H,19,20)/b18-7+. The normalized spacial score (nSPS) is 10.9. The van der Waals surface area contributed by atoms with Crippen molar-refractivity contribution in [3.05, 3.63) is 65.0 Å². The summed E-state index contributed by atoms with van der Waals surface area (Å²) < 4.78 is 39.2. The van der Waals surface area contributed by atoms with Gasteiger partial charge in [-0.3, -0.25) is 4.99 Å². The minimum absolute atomic E-state index is 0.0771. The van der Waals surface area contributed by atoms with E-state index in [0.717, 1.165) is 18.3 Å². The van der Waals surface area contributed by atoms with Gasteiger partial charge >= 0.3 is 5.97 Å². The average molecular weight is 279 g/mol.